The molecule has 0 N–H and O–H groups in total. The molecule has 4 heteroatoms. The van der Waals surface area contributed by atoms with Crippen LogP contribution < -0.4 is 30.7 Å². The van der Waals surface area contributed by atoms with E-state index in [2.05, 4.69) is 100 Å². The van der Waals surface area contributed by atoms with E-state index in [1.165, 1.54) is 40.5 Å². The van der Waals surface area contributed by atoms with Crippen LogP contribution in [0, 0.1) is 17.8 Å². The van der Waals surface area contributed by atoms with Gasteiger partial charge in [0.25, 0.3) is 0 Å². The van der Waals surface area contributed by atoms with Gasteiger partial charge >= 0.3 is 0 Å². The van der Waals surface area contributed by atoms with Crippen molar-refractivity contribution in [1.29, 1.82) is 0 Å². The molecular formula is C30H36O2P2. The van der Waals surface area contributed by atoms with E-state index >= 15 is 0 Å². The lowest BCUT2D eigenvalue weighted by molar-refractivity contribution is 0.174. The number of rotatable bonds is 6. The highest BCUT2D eigenvalue weighted by atomic mass is 31.1. The average Bonchev–Trinajstić information content (AvgIpc) is 3.34. The molecule has 1 fully saturated rings. The lowest BCUT2D eigenvalue weighted by Crippen LogP contribution is -2.37. The summed E-state index contributed by atoms with van der Waals surface area (Å²) in [7, 11) is -1.10. The van der Waals surface area contributed by atoms with E-state index < -0.39 is 7.92 Å². The van der Waals surface area contributed by atoms with Gasteiger partial charge in [-0.25, -0.2) is 0 Å². The maximum Gasteiger partial charge on any atom is 0.231 e. The minimum Gasteiger partial charge on any atom is -0.454 e. The van der Waals surface area contributed by atoms with Crippen molar-refractivity contribution in [3.63, 3.8) is 0 Å². The fourth-order valence-electron chi connectivity index (χ4n) is 5.79. The van der Waals surface area contributed by atoms with Crippen LogP contribution in [0.4, 0.5) is 0 Å². The molecule has 1 saturated carbocycles. The fourth-order valence-corrected chi connectivity index (χ4v) is 11.8. The molecule has 5 rings (SSSR count). The highest BCUT2D eigenvalue weighted by Gasteiger charge is 2.38. The standard InChI is InChI=1S/C30H36O2P2/c1-21(2)25-16-15-22(3)19-28(25)33(4)27-18-17-26-29(32-20-31-26)30(27)34(23-11-7-5-8-12-23)24-13-9-6-10-14-24/h5-14,17-18,21-22,25,28H,15-16,19-20H2,1-4H3/t22-,25+,28-,33?/m1/s1. The van der Waals surface area contributed by atoms with Gasteiger partial charge in [0.15, 0.2) is 11.5 Å². The van der Waals surface area contributed by atoms with E-state index in [-0.39, 0.29) is 7.92 Å². The number of fused-ring (bicyclic) bond motifs is 1. The maximum absolute atomic E-state index is 6.23. The van der Waals surface area contributed by atoms with Gasteiger partial charge < -0.3 is 9.47 Å². The van der Waals surface area contributed by atoms with Crippen molar-refractivity contribution in [3.05, 3.63) is 72.8 Å². The van der Waals surface area contributed by atoms with E-state index in [1.54, 1.807) is 0 Å². The van der Waals surface area contributed by atoms with Crippen molar-refractivity contribution in [3.8, 4) is 11.5 Å². The first-order valence-corrected chi connectivity index (χ1v) is 15.8. The Kier molecular flexibility index (Phi) is 7.29. The van der Waals surface area contributed by atoms with Crippen molar-refractivity contribution in [2.45, 2.75) is 45.7 Å². The zero-order valence-electron chi connectivity index (χ0n) is 20.8. The Morgan fingerprint density at radius 1 is 0.824 bits per heavy atom. The van der Waals surface area contributed by atoms with Crippen molar-refractivity contribution < 1.29 is 9.47 Å². The predicted octanol–water partition coefficient (Wildman–Crippen LogP) is 6.37. The van der Waals surface area contributed by atoms with Gasteiger partial charge in [-0.3, -0.25) is 0 Å². The molecule has 0 amide bonds. The first kappa shape index (κ1) is 23.8. The lowest BCUT2D eigenvalue weighted by Gasteiger charge is -2.42. The molecule has 0 spiro atoms. The van der Waals surface area contributed by atoms with Gasteiger partial charge in [0.05, 0.1) is 0 Å². The number of benzene rings is 3. The van der Waals surface area contributed by atoms with Crippen molar-refractivity contribution in [1.82, 2.24) is 0 Å². The van der Waals surface area contributed by atoms with Gasteiger partial charge in [-0.05, 0) is 78.9 Å². The number of ether oxygens (including phenoxy) is 2. The Balaban J connectivity index is 1.68. The summed E-state index contributed by atoms with van der Waals surface area (Å²) in [6.45, 7) is 10.2. The van der Waals surface area contributed by atoms with Crippen LogP contribution in [0.5, 0.6) is 11.5 Å². The molecule has 178 valence electrons. The van der Waals surface area contributed by atoms with Crippen LogP contribution in [0.15, 0.2) is 72.8 Å². The highest BCUT2D eigenvalue weighted by Crippen LogP contribution is 2.53. The van der Waals surface area contributed by atoms with E-state index in [0.29, 0.717) is 6.79 Å². The molecule has 34 heavy (non-hydrogen) atoms. The second-order valence-corrected chi connectivity index (χ2v) is 14.7. The molecule has 1 unspecified atom stereocenters. The third kappa shape index (κ3) is 4.65. The minimum absolute atomic E-state index is 0.315. The van der Waals surface area contributed by atoms with Crippen LogP contribution in [0.1, 0.15) is 40.0 Å². The summed E-state index contributed by atoms with van der Waals surface area (Å²) >= 11 is 0. The van der Waals surface area contributed by atoms with Crippen LogP contribution in [0.25, 0.3) is 0 Å². The van der Waals surface area contributed by atoms with Gasteiger partial charge in [0, 0.05) is 5.30 Å². The van der Waals surface area contributed by atoms with E-state index in [0.717, 1.165) is 34.9 Å². The summed E-state index contributed by atoms with van der Waals surface area (Å²) in [6, 6.07) is 26.6. The molecule has 1 heterocycles. The van der Waals surface area contributed by atoms with Crippen LogP contribution in [0.2, 0.25) is 0 Å². The molecule has 0 bridgehead atoms. The third-order valence-electron chi connectivity index (χ3n) is 7.61. The van der Waals surface area contributed by atoms with E-state index in [9.17, 15) is 0 Å². The molecule has 3 aromatic rings. The molecule has 2 aliphatic rings. The zero-order chi connectivity index (χ0) is 23.7. The molecule has 0 radical (unpaired) electrons. The Morgan fingerprint density at radius 2 is 1.47 bits per heavy atom. The molecular weight excluding hydrogens is 454 g/mol. The molecule has 2 nitrogen and oxygen atoms in total. The largest absolute Gasteiger partial charge is 0.454 e. The summed E-state index contributed by atoms with van der Waals surface area (Å²) in [4.78, 5) is 0. The second kappa shape index (κ2) is 10.4. The van der Waals surface area contributed by atoms with Crippen molar-refractivity contribution in [2.75, 3.05) is 13.5 Å². The SMILES string of the molecule is CC(C)[C@@H]1CC[C@@H](C)C[C@H]1P(C)c1ccc2c(c1P(c1ccccc1)c1ccccc1)OCO2. The Labute approximate surface area is 207 Å². The molecule has 4 atom stereocenters. The zero-order valence-corrected chi connectivity index (χ0v) is 22.6. The van der Waals surface area contributed by atoms with Crippen molar-refractivity contribution in [2.24, 2.45) is 17.8 Å². The number of hydrogen-bond donors (Lipinski definition) is 0. The first-order valence-electron chi connectivity index (χ1n) is 12.6. The molecule has 3 aromatic carbocycles. The minimum atomic E-state index is -0.753. The Morgan fingerprint density at radius 3 is 2.09 bits per heavy atom. The monoisotopic (exact) mass is 490 g/mol. The van der Waals surface area contributed by atoms with Gasteiger partial charge in [0.2, 0.25) is 6.79 Å². The number of hydrogen-bond acceptors (Lipinski definition) is 2. The van der Waals surface area contributed by atoms with Crippen LogP contribution in [-0.2, 0) is 0 Å². The fraction of sp³-hybridized carbons (Fsp3) is 0.400. The lowest BCUT2D eigenvalue weighted by atomic mass is 9.77. The molecule has 0 saturated heterocycles. The Hall–Kier alpha value is -1.88. The van der Waals surface area contributed by atoms with Gasteiger partial charge in [0.1, 0.15) is 0 Å². The smallest absolute Gasteiger partial charge is 0.231 e. The van der Waals surface area contributed by atoms with Gasteiger partial charge in [-0.1, -0.05) is 95.8 Å². The van der Waals surface area contributed by atoms with Gasteiger partial charge in [-0.2, -0.15) is 0 Å². The third-order valence-corrected chi connectivity index (χ3v) is 13.0. The average molecular weight is 491 g/mol. The van der Waals surface area contributed by atoms with Crippen LogP contribution in [-0.4, -0.2) is 19.1 Å². The van der Waals surface area contributed by atoms with E-state index in [4.69, 9.17) is 9.47 Å². The topological polar surface area (TPSA) is 18.5 Å². The van der Waals surface area contributed by atoms with Crippen LogP contribution in [0.3, 0.4) is 0 Å². The molecule has 1 aliphatic carbocycles. The van der Waals surface area contributed by atoms with E-state index in [1.807, 2.05) is 0 Å². The summed E-state index contributed by atoms with van der Waals surface area (Å²) in [5.74, 6) is 4.22. The highest BCUT2D eigenvalue weighted by molar-refractivity contribution is 7.82. The van der Waals surface area contributed by atoms with Crippen LogP contribution >= 0.6 is 15.8 Å². The molecule has 0 aromatic heterocycles. The molecule has 1 aliphatic heterocycles. The first-order chi connectivity index (χ1) is 16.5. The Bertz CT molecular complexity index is 1060. The van der Waals surface area contributed by atoms with Crippen molar-refractivity contribution >= 4 is 37.1 Å². The summed E-state index contributed by atoms with van der Waals surface area (Å²) in [5.41, 5.74) is 0.751. The summed E-state index contributed by atoms with van der Waals surface area (Å²) in [6.07, 6.45) is 4.08. The predicted molar refractivity (Wildman–Crippen MR) is 149 cm³/mol. The normalized spacial score (nSPS) is 22.8. The maximum atomic E-state index is 6.23. The second-order valence-electron chi connectivity index (χ2n) is 10.2. The quantitative estimate of drug-likeness (QED) is 0.374. The van der Waals surface area contributed by atoms with Gasteiger partial charge in [-0.15, -0.1) is 0 Å². The summed E-state index contributed by atoms with van der Waals surface area (Å²) in [5, 5.41) is 5.64. The summed E-state index contributed by atoms with van der Waals surface area (Å²) < 4.78 is 12.1.